The molecule has 0 bridgehead atoms. The Labute approximate surface area is 199 Å². The first-order valence-corrected chi connectivity index (χ1v) is 11.7. The van der Waals surface area contributed by atoms with Crippen molar-refractivity contribution in [3.8, 4) is 5.75 Å². The van der Waals surface area contributed by atoms with E-state index in [9.17, 15) is 13.6 Å². The average molecular weight is 466 g/mol. The van der Waals surface area contributed by atoms with E-state index in [-0.39, 0.29) is 30.1 Å². The quantitative estimate of drug-likeness (QED) is 0.406. The van der Waals surface area contributed by atoms with Gasteiger partial charge in [-0.05, 0) is 59.9 Å². The largest absolute Gasteiger partial charge is 0.493 e. The second-order valence-corrected chi connectivity index (χ2v) is 8.55. The third-order valence-electron chi connectivity index (χ3n) is 5.94. The Morgan fingerprint density at radius 1 is 1.00 bits per heavy atom. The molecule has 0 spiro atoms. The van der Waals surface area contributed by atoms with Gasteiger partial charge in [-0.25, -0.2) is 8.78 Å². The van der Waals surface area contributed by atoms with Crippen LogP contribution in [0.25, 0.3) is 0 Å². The van der Waals surface area contributed by atoms with Gasteiger partial charge in [-0.2, -0.15) is 0 Å². The van der Waals surface area contributed by atoms with Gasteiger partial charge in [-0.1, -0.05) is 42.5 Å². The van der Waals surface area contributed by atoms with E-state index < -0.39 is 0 Å². The molecule has 0 saturated carbocycles. The summed E-state index contributed by atoms with van der Waals surface area (Å²) in [4.78, 5) is 14.9. The van der Waals surface area contributed by atoms with Gasteiger partial charge in [-0.3, -0.25) is 4.79 Å². The van der Waals surface area contributed by atoms with E-state index in [2.05, 4.69) is 0 Å². The van der Waals surface area contributed by atoms with Crippen LogP contribution in [0.4, 0.5) is 8.78 Å². The molecule has 178 valence electrons. The van der Waals surface area contributed by atoms with Crippen LogP contribution in [0.5, 0.6) is 5.75 Å². The minimum Gasteiger partial charge on any atom is -0.493 e. The van der Waals surface area contributed by atoms with Gasteiger partial charge in [0, 0.05) is 26.1 Å². The molecule has 1 amide bonds. The average Bonchev–Trinajstić information content (AvgIpc) is 3.35. The van der Waals surface area contributed by atoms with E-state index in [0.29, 0.717) is 37.4 Å². The fourth-order valence-electron chi connectivity index (χ4n) is 4.11. The second kappa shape index (κ2) is 11.7. The molecule has 1 heterocycles. The lowest BCUT2D eigenvalue weighted by Gasteiger charge is -2.26. The molecule has 0 unspecified atom stereocenters. The van der Waals surface area contributed by atoms with Crippen molar-refractivity contribution in [1.29, 1.82) is 0 Å². The molecular formula is C28H29F2NO3. The molecule has 34 heavy (non-hydrogen) atoms. The molecule has 3 aromatic carbocycles. The summed E-state index contributed by atoms with van der Waals surface area (Å²) in [6.45, 7) is 2.01. The monoisotopic (exact) mass is 465 g/mol. The number of amides is 1. The highest BCUT2D eigenvalue weighted by Crippen LogP contribution is 2.20. The van der Waals surface area contributed by atoms with Crippen molar-refractivity contribution in [1.82, 2.24) is 4.90 Å². The summed E-state index contributed by atoms with van der Waals surface area (Å²) in [5.41, 5.74) is 2.33. The fourth-order valence-corrected chi connectivity index (χ4v) is 4.11. The van der Waals surface area contributed by atoms with Crippen LogP contribution in [0.3, 0.4) is 0 Å². The molecule has 4 rings (SSSR count). The summed E-state index contributed by atoms with van der Waals surface area (Å²) in [5, 5.41) is 0. The van der Waals surface area contributed by atoms with Crippen molar-refractivity contribution in [3.05, 3.63) is 101 Å². The number of nitrogens with zero attached hydrogens (tertiary/aromatic N) is 1. The zero-order valence-electron chi connectivity index (χ0n) is 19.1. The van der Waals surface area contributed by atoms with Gasteiger partial charge in [0.15, 0.2) is 0 Å². The van der Waals surface area contributed by atoms with Crippen molar-refractivity contribution in [2.75, 3.05) is 19.8 Å². The van der Waals surface area contributed by atoms with Crippen LogP contribution in [0.2, 0.25) is 0 Å². The fraction of sp³-hybridized carbons (Fsp3) is 0.321. The Kier molecular flexibility index (Phi) is 8.26. The number of hydrogen-bond donors (Lipinski definition) is 0. The highest BCUT2D eigenvalue weighted by atomic mass is 19.1. The van der Waals surface area contributed by atoms with E-state index >= 15 is 0 Å². The summed E-state index contributed by atoms with van der Waals surface area (Å²) in [6, 6.07) is 20.3. The third-order valence-corrected chi connectivity index (χ3v) is 5.94. The van der Waals surface area contributed by atoms with Crippen molar-refractivity contribution < 1.29 is 23.0 Å². The molecule has 6 heteroatoms. The molecule has 1 atom stereocenters. The molecular weight excluding hydrogens is 436 g/mol. The Morgan fingerprint density at radius 2 is 1.82 bits per heavy atom. The molecule has 3 aromatic rings. The molecule has 0 aromatic heterocycles. The van der Waals surface area contributed by atoms with Gasteiger partial charge >= 0.3 is 0 Å². The van der Waals surface area contributed by atoms with E-state index in [1.165, 1.54) is 18.2 Å². The topological polar surface area (TPSA) is 38.8 Å². The second-order valence-electron chi connectivity index (χ2n) is 8.55. The zero-order chi connectivity index (χ0) is 23.8. The van der Waals surface area contributed by atoms with Crippen LogP contribution in [0.1, 0.15) is 29.5 Å². The smallest absolute Gasteiger partial charge is 0.227 e. The first kappa shape index (κ1) is 23.9. The number of ether oxygens (including phenoxy) is 2. The van der Waals surface area contributed by atoms with Gasteiger partial charge in [0.2, 0.25) is 5.91 Å². The Bertz CT molecular complexity index is 1080. The Hall–Kier alpha value is -3.25. The standard InChI is InChI=1S/C28H29F2NO3/c29-24-12-10-21(11-13-24)18-28(32)31(20-26-8-4-15-33-26)19-22-5-3-7-25(17-22)34-16-14-23-6-1-2-9-27(23)30/h1-3,5-7,9-13,17,26H,4,8,14-16,18-20H2/t26-/m0/s1. The Balaban J connectivity index is 1.40. The number of carbonyl (C=O) groups excluding carboxylic acids is 1. The first-order valence-electron chi connectivity index (χ1n) is 11.7. The summed E-state index contributed by atoms with van der Waals surface area (Å²) in [5.74, 6) is 0.0911. The van der Waals surface area contributed by atoms with E-state index in [1.54, 1.807) is 29.2 Å². The number of hydrogen-bond acceptors (Lipinski definition) is 3. The van der Waals surface area contributed by atoms with Crippen molar-refractivity contribution in [2.24, 2.45) is 0 Å². The predicted octanol–water partition coefficient (Wildman–Crippen LogP) is 5.34. The van der Waals surface area contributed by atoms with E-state index in [1.807, 2.05) is 30.3 Å². The summed E-state index contributed by atoms with van der Waals surface area (Å²) >= 11 is 0. The lowest BCUT2D eigenvalue weighted by atomic mass is 10.1. The zero-order valence-corrected chi connectivity index (χ0v) is 19.1. The van der Waals surface area contributed by atoms with Gasteiger partial charge < -0.3 is 14.4 Å². The van der Waals surface area contributed by atoms with Crippen molar-refractivity contribution >= 4 is 5.91 Å². The minimum absolute atomic E-state index is 0.0253. The van der Waals surface area contributed by atoms with Gasteiger partial charge in [0.25, 0.3) is 0 Å². The van der Waals surface area contributed by atoms with Crippen LogP contribution >= 0.6 is 0 Å². The minimum atomic E-state index is -0.320. The maximum absolute atomic E-state index is 13.8. The van der Waals surface area contributed by atoms with Crippen molar-refractivity contribution in [2.45, 2.75) is 38.3 Å². The van der Waals surface area contributed by atoms with Crippen LogP contribution in [-0.2, 0) is 28.9 Å². The third kappa shape index (κ3) is 6.87. The van der Waals surface area contributed by atoms with Gasteiger partial charge in [0.05, 0.1) is 19.1 Å². The number of carbonyl (C=O) groups is 1. The molecule has 1 fully saturated rings. The number of benzene rings is 3. The van der Waals surface area contributed by atoms with Crippen LogP contribution in [0.15, 0.2) is 72.8 Å². The maximum atomic E-state index is 13.8. The number of rotatable bonds is 10. The molecule has 0 N–H and O–H groups in total. The van der Waals surface area contributed by atoms with E-state index in [4.69, 9.17) is 9.47 Å². The molecule has 0 radical (unpaired) electrons. The summed E-state index contributed by atoms with van der Waals surface area (Å²) in [6.07, 6.45) is 2.62. The molecule has 1 aliphatic heterocycles. The number of halogens is 2. The van der Waals surface area contributed by atoms with Gasteiger partial charge in [0.1, 0.15) is 17.4 Å². The highest BCUT2D eigenvalue weighted by Gasteiger charge is 2.23. The highest BCUT2D eigenvalue weighted by molar-refractivity contribution is 5.78. The van der Waals surface area contributed by atoms with Crippen molar-refractivity contribution in [3.63, 3.8) is 0 Å². The van der Waals surface area contributed by atoms with Crippen LogP contribution in [0, 0.1) is 11.6 Å². The molecule has 4 nitrogen and oxygen atoms in total. The maximum Gasteiger partial charge on any atom is 0.227 e. The van der Waals surface area contributed by atoms with Crippen LogP contribution in [-0.4, -0.2) is 36.7 Å². The predicted molar refractivity (Wildman–Crippen MR) is 127 cm³/mol. The van der Waals surface area contributed by atoms with Gasteiger partial charge in [-0.15, -0.1) is 0 Å². The summed E-state index contributed by atoms with van der Waals surface area (Å²) in [7, 11) is 0. The first-order chi connectivity index (χ1) is 16.6. The van der Waals surface area contributed by atoms with E-state index in [0.717, 1.165) is 30.6 Å². The SMILES string of the molecule is O=C(Cc1ccc(F)cc1)N(Cc1cccc(OCCc2ccccc2F)c1)C[C@@H]1CCCO1. The lowest BCUT2D eigenvalue weighted by Crippen LogP contribution is -2.37. The summed E-state index contributed by atoms with van der Waals surface area (Å²) < 4.78 is 38.7. The lowest BCUT2D eigenvalue weighted by molar-refractivity contribution is -0.132. The molecule has 1 aliphatic rings. The molecule has 0 aliphatic carbocycles. The normalized spacial score (nSPS) is 15.3. The Morgan fingerprint density at radius 3 is 2.59 bits per heavy atom. The van der Waals surface area contributed by atoms with Crippen LogP contribution < -0.4 is 4.74 Å². The molecule has 1 saturated heterocycles.